The minimum atomic E-state index is -3.35. The summed E-state index contributed by atoms with van der Waals surface area (Å²) in [6.07, 6.45) is 0.791. The third kappa shape index (κ3) is 1.11. The highest BCUT2D eigenvalue weighted by Gasteiger charge is 2.51. The second-order valence-electron chi connectivity index (χ2n) is 3.06. The van der Waals surface area contributed by atoms with Crippen LogP contribution in [0.25, 0.3) is 0 Å². The average molecular weight is 193 g/mol. The van der Waals surface area contributed by atoms with E-state index in [1.165, 1.54) is 6.92 Å². The molecule has 0 aromatic heterocycles. The van der Waals surface area contributed by atoms with Gasteiger partial charge in [-0.2, -0.15) is 5.90 Å². The molecule has 0 amide bonds. The first-order chi connectivity index (χ1) is 5.44. The van der Waals surface area contributed by atoms with Crippen LogP contribution in [0.3, 0.4) is 0 Å². The molecular weight excluding hydrogens is 182 g/mol. The molecule has 0 unspecified atom stereocenters. The summed E-state index contributed by atoms with van der Waals surface area (Å²) < 4.78 is 21.2. The lowest BCUT2D eigenvalue weighted by Gasteiger charge is -2.17. The van der Waals surface area contributed by atoms with Crippen molar-refractivity contribution in [2.24, 2.45) is 5.90 Å². The first kappa shape index (κ1) is 9.47. The summed E-state index contributed by atoms with van der Waals surface area (Å²) in [5, 5.41) is 0. The van der Waals surface area contributed by atoms with Gasteiger partial charge in [-0.15, -0.1) is 0 Å². The number of sulfone groups is 1. The number of carbonyl (C=O) groups is 1. The van der Waals surface area contributed by atoms with E-state index in [-0.39, 0.29) is 5.75 Å². The molecule has 1 aliphatic rings. The van der Waals surface area contributed by atoms with E-state index in [9.17, 15) is 13.2 Å². The Balaban J connectivity index is 3.07. The van der Waals surface area contributed by atoms with Crippen molar-refractivity contribution in [1.82, 2.24) is 0 Å². The average Bonchev–Trinajstić information content (AvgIpc) is 2.26. The molecule has 0 aliphatic carbocycles. The van der Waals surface area contributed by atoms with Gasteiger partial charge in [-0.3, -0.25) is 0 Å². The maximum absolute atomic E-state index is 11.3. The van der Waals surface area contributed by atoms with Crippen molar-refractivity contribution in [3.8, 4) is 0 Å². The Morgan fingerprint density at radius 3 is 2.50 bits per heavy atom. The SMILES string of the molecule is C[C@]1(C(=O)ON)CCCS1(=O)=O. The second kappa shape index (κ2) is 2.70. The maximum atomic E-state index is 11.3. The van der Waals surface area contributed by atoms with Crippen LogP contribution in [0.2, 0.25) is 0 Å². The molecule has 1 aliphatic heterocycles. The molecule has 0 aromatic rings. The highest BCUT2D eigenvalue weighted by molar-refractivity contribution is 7.93. The van der Waals surface area contributed by atoms with Crippen LogP contribution in [0, 0.1) is 0 Å². The quantitative estimate of drug-likeness (QED) is 0.560. The van der Waals surface area contributed by atoms with Gasteiger partial charge < -0.3 is 4.84 Å². The van der Waals surface area contributed by atoms with Crippen LogP contribution in [0.1, 0.15) is 19.8 Å². The van der Waals surface area contributed by atoms with Gasteiger partial charge in [0, 0.05) is 0 Å². The second-order valence-corrected chi connectivity index (χ2v) is 5.60. The molecular formula is C6H11NO4S. The molecule has 0 bridgehead atoms. The van der Waals surface area contributed by atoms with Crippen LogP contribution in [0.5, 0.6) is 0 Å². The normalized spacial score (nSPS) is 33.2. The van der Waals surface area contributed by atoms with Gasteiger partial charge in [-0.25, -0.2) is 13.2 Å². The molecule has 2 N–H and O–H groups in total. The Labute approximate surface area is 70.8 Å². The standard InChI is InChI=1S/C6H11NO4S/c1-6(5(8)11-7)3-2-4-12(6,9)10/h2-4,7H2,1H3/t6-/m1/s1. The first-order valence-corrected chi connectivity index (χ1v) is 5.23. The van der Waals surface area contributed by atoms with E-state index in [2.05, 4.69) is 10.7 Å². The van der Waals surface area contributed by atoms with Crippen LogP contribution in [-0.2, 0) is 19.5 Å². The van der Waals surface area contributed by atoms with E-state index in [4.69, 9.17) is 0 Å². The molecule has 6 heteroatoms. The van der Waals surface area contributed by atoms with E-state index in [1.807, 2.05) is 0 Å². The number of carbonyl (C=O) groups excluding carboxylic acids is 1. The maximum Gasteiger partial charge on any atom is 0.345 e. The van der Waals surface area contributed by atoms with E-state index in [0.717, 1.165) is 0 Å². The van der Waals surface area contributed by atoms with Gasteiger partial charge in [-0.05, 0) is 19.8 Å². The lowest BCUT2D eigenvalue weighted by molar-refractivity contribution is -0.146. The number of hydrogen-bond donors (Lipinski definition) is 1. The minimum absolute atomic E-state index is 0.0403. The monoisotopic (exact) mass is 193 g/mol. The summed E-state index contributed by atoms with van der Waals surface area (Å²) in [6, 6.07) is 0. The summed E-state index contributed by atoms with van der Waals surface area (Å²) in [6.45, 7) is 1.35. The summed E-state index contributed by atoms with van der Waals surface area (Å²) in [5.41, 5.74) is 0. The Bertz CT molecular complexity index is 297. The van der Waals surface area contributed by atoms with Gasteiger partial charge in [0.25, 0.3) is 0 Å². The highest BCUT2D eigenvalue weighted by atomic mass is 32.2. The Morgan fingerprint density at radius 1 is 1.58 bits per heavy atom. The van der Waals surface area contributed by atoms with Gasteiger partial charge in [0.05, 0.1) is 5.75 Å². The first-order valence-electron chi connectivity index (χ1n) is 3.57. The third-order valence-electron chi connectivity index (χ3n) is 2.29. The van der Waals surface area contributed by atoms with E-state index in [1.54, 1.807) is 0 Å². The summed E-state index contributed by atoms with van der Waals surface area (Å²) >= 11 is 0. The third-order valence-corrected chi connectivity index (χ3v) is 4.86. The van der Waals surface area contributed by atoms with Gasteiger partial charge in [-0.1, -0.05) is 0 Å². The molecule has 12 heavy (non-hydrogen) atoms. The van der Waals surface area contributed by atoms with E-state index < -0.39 is 20.6 Å². The molecule has 1 heterocycles. The fraction of sp³-hybridized carbons (Fsp3) is 0.833. The van der Waals surface area contributed by atoms with Crippen LogP contribution in [0.15, 0.2) is 0 Å². The topological polar surface area (TPSA) is 86.5 Å². The van der Waals surface area contributed by atoms with E-state index in [0.29, 0.717) is 12.8 Å². The molecule has 0 aromatic carbocycles. The van der Waals surface area contributed by atoms with Crippen LogP contribution in [-0.4, -0.2) is 24.9 Å². The predicted molar refractivity (Wildman–Crippen MR) is 41.7 cm³/mol. The molecule has 70 valence electrons. The number of rotatable bonds is 1. The molecule has 0 spiro atoms. The Hall–Kier alpha value is -0.620. The van der Waals surface area contributed by atoms with Gasteiger partial charge >= 0.3 is 5.97 Å². The van der Waals surface area contributed by atoms with Gasteiger partial charge in [0.1, 0.15) is 0 Å². The zero-order chi connectivity index (χ0) is 9.41. The fourth-order valence-corrected chi connectivity index (χ4v) is 3.07. The van der Waals surface area contributed by atoms with Crippen molar-refractivity contribution < 1.29 is 18.0 Å². The van der Waals surface area contributed by atoms with Crippen LogP contribution >= 0.6 is 0 Å². The molecule has 5 nitrogen and oxygen atoms in total. The predicted octanol–water partition coefficient (Wildman–Crippen LogP) is -0.629. The zero-order valence-electron chi connectivity index (χ0n) is 6.74. The van der Waals surface area contributed by atoms with Crippen molar-refractivity contribution >= 4 is 15.8 Å². The van der Waals surface area contributed by atoms with Crippen LogP contribution < -0.4 is 5.90 Å². The van der Waals surface area contributed by atoms with Crippen molar-refractivity contribution in [1.29, 1.82) is 0 Å². The Morgan fingerprint density at radius 2 is 2.17 bits per heavy atom. The number of hydrogen-bond acceptors (Lipinski definition) is 5. The van der Waals surface area contributed by atoms with Gasteiger partial charge in [0.15, 0.2) is 14.6 Å². The molecule has 1 fully saturated rings. The highest BCUT2D eigenvalue weighted by Crippen LogP contribution is 2.32. The van der Waals surface area contributed by atoms with Crippen molar-refractivity contribution in [3.63, 3.8) is 0 Å². The molecule has 1 rings (SSSR count). The van der Waals surface area contributed by atoms with E-state index >= 15 is 0 Å². The molecule has 1 atom stereocenters. The summed E-state index contributed by atoms with van der Waals surface area (Å²) in [5.74, 6) is 3.82. The molecule has 0 radical (unpaired) electrons. The molecule has 0 saturated carbocycles. The zero-order valence-corrected chi connectivity index (χ0v) is 7.56. The van der Waals surface area contributed by atoms with Crippen molar-refractivity contribution in [3.05, 3.63) is 0 Å². The van der Waals surface area contributed by atoms with Crippen molar-refractivity contribution in [2.75, 3.05) is 5.75 Å². The van der Waals surface area contributed by atoms with Crippen molar-refractivity contribution in [2.45, 2.75) is 24.5 Å². The smallest absolute Gasteiger partial charge is 0.345 e. The minimum Gasteiger partial charge on any atom is -0.372 e. The largest absolute Gasteiger partial charge is 0.372 e. The molecule has 1 saturated heterocycles. The van der Waals surface area contributed by atoms with Crippen LogP contribution in [0.4, 0.5) is 0 Å². The summed E-state index contributed by atoms with van der Waals surface area (Å²) in [4.78, 5) is 15.0. The Kier molecular flexibility index (Phi) is 2.13. The van der Waals surface area contributed by atoms with Gasteiger partial charge in [0.2, 0.25) is 0 Å². The fourth-order valence-electron chi connectivity index (χ4n) is 1.33. The summed E-state index contributed by atoms with van der Waals surface area (Å²) in [7, 11) is -3.35. The lowest BCUT2D eigenvalue weighted by atomic mass is 10.1. The number of nitrogens with two attached hydrogens (primary N) is 1. The lowest BCUT2D eigenvalue weighted by Crippen LogP contribution is -2.42.